The fourth-order valence-corrected chi connectivity index (χ4v) is 1.17. The Morgan fingerprint density at radius 2 is 2.08 bits per heavy atom. The van der Waals surface area contributed by atoms with Crippen LogP contribution in [0.3, 0.4) is 0 Å². The molecule has 0 spiro atoms. The van der Waals surface area contributed by atoms with Crippen molar-refractivity contribution in [2.45, 2.75) is 38.8 Å². The summed E-state index contributed by atoms with van der Waals surface area (Å²) in [6.45, 7) is 6.60. The number of amides is 1. The minimum Gasteiger partial charge on any atom is -0.444 e. The summed E-state index contributed by atoms with van der Waals surface area (Å²) < 4.78 is 4.58. The van der Waals surface area contributed by atoms with Crippen molar-refractivity contribution in [1.29, 1.82) is 0 Å². The Hall–Kier alpha value is -0.770. The molecular weight excluding hydrogens is 168 g/mol. The molecule has 4 nitrogen and oxygen atoms in total. The van der Waals surface area contributed by atoms with E-state index < -0.39 is 11.7 Å². The molecule has 1 heterocycles. The Labute approximate surface area is 78.8 Å². The fourth-order valence-electron chi connectivity index (χ4n) is 1.17. The maximum atomic E-state index is 10.0. The molecule has 3 N–H and O–H groups in total. The smallest absolute Gasteiger partial charge is 0.405 e. The molecule has 1 saturated heterocycles. The number of nitrogens with one attached hydrogen (secondary N) is 1. The van der Waals surface area contributed by atoms with E-state index in [4.69, 9.17) is 5.73 Å². The second-order valence-electron chi connectivity index (χ2n) is 4.54. The highest BCUT2D eigenvalue weighted by molar-refractivity contribution is 5.65. The van der Waals surface area contributed by atoms with Gasteiger partial charge in [0, 0.05) is 6.04 Å². The predicted molar refractivity (Wildman–Crippen MR) is 50.3 cm³/mol. The van der Waals surface area contributed by atoms with E-state index in [-0.39, 0.29) is 0 Å². The van der Waals surface area contributed by atoms with Crippen molar-refractivity contribution in [3.8, 4) is 0 Å². The van der Waals surface area contributed by atoms with Crippen molar-refractivity contribution in [2.24, 2.45) is 11.7 Å². The van der Waals surface area contributed by atoms with Gasteiger partial charge in [0.15, 0.2) is 0 Å². The third-order valence-electron chi connectivity index (χ3n) is 1.97. The highest BCUT2D eigenvalue weighted by Crippen LogP contribution is 2.36. The molecule has 1 saturated carbocycles. The first-order valence-electron chi connectivity index (χ1n) is 4.60. The van der Waals surface area contributed by atoms with Crippen LogP contribution in [0.15, 0.2) is 0 Å². The van der Waals surface area contributed by atoms with Gasteiger partial charge in [-0.05, 0) is 39.7 Å². The first kappa shape index (κ1) is 10.3. The molecule has 2 aliphatic rings. The van der Waals surface area contributed by atoms with Gasteiger partial charge in [-0.15, -0.1) is 0 Å². The van der Waals surface area contributed by atoms with Gasteiger partial charge in [0.25, 0.3) is 0 Å². The monoisotopic (exact) mass is 186 g/mol. The Morgan fingerprint density at radius 3 is 2.08 bits per heavy atom. The number of hydrogen-bond donors (Lipinski definition) is 2. The van der Waals surface area contributed by atoms with E-state index in [2.05, 4.69) is 10.1 Å². The van der Waals surface area contributed by atoms with Crippen LogP contribution >= 0.6 is 0 Å². The standard InChI is InChI=1S/C5H11NO2.C4H7N/c1-5(2,3)8-4(6)7;1-3-2-5-4(1)3/h1-3H3,(H2,6,7);3-5H,1-2H2. The molecule has 2 fully saturated rings. The topological polar surface area (TPSA) is 64.3 Å². The molecule has 1 aliphatic heterocycles. The van der Waals surface area contributed by atoms with Gasteiger partial charge in [-0.25, -0.2) is 4.79 Å². The van der Waals surface area contributed by atoms with Crippen molar-refractivity contribution in [2.75, 3.05) is 6.54 Å². The van der Waals surface area contributed by atoms with Crippen LogP contribution < -0.4 is 11.1 Å². The van der Waals surface area contributed by atoms with E-state index in [1.807, 2.05) is 0 Å². The molecule has 76 valence electrons. The Balaban J connectivity index is 0.000000140. The van der Waals surface area contributed by atoms with Gasteiger partial charge in [-0.2, -0.15) is 0 Å². The van der Waals surface area contributed by atoms with E-state index in [0.717, 1.165) is 12.0 Å². The van der Waals surface area contributed by atoms with E-state index in [1.165, 1.54) is 13.0 Å². The van der Waals surface area contributed by atoms with Gasteiger partial charge in [-0.1, -0.05) is 0 Å². The third-order valence-corrected chi connectivity index (χ3v) is 1.97. The quantitative estimate of drug-likeness (QED) is 0.589. The fraction of sp³-hybridized carbons (Fsp3) is 0.889. The Morgan fingerprint density at radius 1 is 1.54 bits per heavy atom. The van der Waals surface area contributed by atoms with E-state index in [1.54, 1.807) is 20.8 Å². The average Bonchev–Trinajstić information content (AvgIpc) is 2.32. The van der Waals surface area contributed by atoms with Gasteiger partial charge in [-0.3, -0.25) is 0 Å². The normalized spacial score (nSPS) is 28.8. The van der Waals surface area contributed by atoms with Crippen LogP contribution in [0.1, 0.15) is 27.2 Å². The van der Waals surface area contributed by atoms with Crippen molar-refractivity contribution in [3.05, 3.63) is 0 Å². The van der Waals surface area contributed by atoms with Gasteiger partial charge in [0.05, 0.1) is 0 Å². The van der Waals surface area contributed by atoms with Crippen LogP contribution in [0, 0.1) is 5.92 Å². The molecule has 2 rings (SSSR count). The summed E-state index contributed by atoms with van der Waals surface area (Å²) >= 11 is 0. The van der Waals surface area contributed by atoms with E-state index in [9.17, 15) is 4.79 Å². The van der Waals surface area contributed by atoms with Crippen LogP contribution in [-0.2, 0) is 4.74 Å². The van der Waals surface area contributed by atoms with Crippen LogP contribution in [-0.4, -0.2) is 24.3 Å². The number of carbonyl (C=O) groups excluding carboxylic acids is 1. The number of nitrogens with two attached hydrogens (primary N) is 1. The molecule has 0 bridgehead atoms. The van der Waals surface area contributed by atoms with Gasteiger partial charge in [0.1, 0.15) is 5.60 Å². The summed E-state index contributed by atoms with van der Waals surface area (Å²) in [7, 11) is 0. The van der Waals surface area contributed by atoms with Gasteiger partial charge >= 0.3 is 6.09 Å². The maximum Gasteiger partial charge on any atom is 0.405 e. The zero-order valence-electron chi connectivity index (χ0n) is 8.46. The molecule has 1 amide bonds. The molecule has 2 atom stereocenters. The number of fused-ring (bicyclic) bond motifs is 1. The minimum atomic E-state index is -0.725. The molecule has 0 aromatic carbocycles. The summed E-state index contributed by atoms with van der Waals surface area (Å²) in [5.41, 5.74) is 4.26. The van der Waals surface area contributed by atoms with E-state index >= 15 is 0 Å². The molecule has 0 radical (unpaired) electrons. The number of hydrogen-bond acceptors (Lipinski definition) is 3. The Bertz CT molecular complexity index is 186. The maximum absolute atomic E-state index is 10.0. The highest BCUT2D eigenvalue weighted by Gasteiger charge is 2.44. The SMILES string of the molecule is C1NC2CC12.CC(C)(C)OC(N)=O. The number of primary amides is 1. The number of rotatable bonds is 0. The van der Waals surface area contributed by atoms with Gasteiger partial charge in [0.2, 0.25) is 0 Å². The van der Waals surface area contributed by atoms with Crippen molar-refractivity contribution in [3.63, 3.8) is 0 Å². The molecule has 2 unspecified atom stereocenters. The van der Waals surface area contributed by atoms with Crippen LogP contribution in [0.25, 0.3) is 0 Å². The summed E-state index contributed by atoms with van der Waals surface area (Å²) in [4.78, 5) is 10.0. The third kappa shape index (κ3) is 4.12. The van der Waals surface area contributed by atoms with Crippen LogP contribution in [0.2, 0.25) is 0 Å². The summed E-state index contributed by atoms with van der Waals surface area (Å²) in [6.07, 6.45) is 0.748. The summed E-state index contributed by atoms with van der Waals surface area (Å²) in [5.74, 6) is 1.12. The summed E-state index contributed by atoms with van der Waals surface area (Å²) in [6, 6.07) is 0.981. The molecule has 4 heteroatoms. The lowest BCUT2D eigenvalue weighted by atomic mass is 10.2. The number of ether oxygens (including phenoxy) is 1. The molecule has 0 aromatic rings. The van der Waals surface area contributed by atoms with Gasteiger partial charge < -0.3 is 15.8 Å². The predicted octanol–water partition coefficient (Wildman–Crippen LogP) is 0.858. The Kier molecular flexibility index (Phi) is 2.81. The van der Waals surface area contributed by atoms with Crippen molar-refractivity contribution in [1.82, 2.24) is 5.32 Å². The average molecular weight is 186 g/mol. The van der Waals surface area contributed by atoms with Crippen molar-refractivity contribution >= 4 is 6.09 Å². The molecule has 0 aromatic heterocycles. The molecule has 13 heavy (non-hydrogen) atoms. The lowest BCUT2D eigenvalue weighted by Crippen LogP contribution is -2.32. The summed E-state index contributed by atoms with van der Waals surface area (Å²) in [5, 5.41) is 3.28. The van der Waals surface area contributed by atoms with Crippen LogP contribution in [0.5, 0.6) is 0 Å². The zero-order valence-corrected chi connectivity index (χ0v) is 8.46. The lowest BCUT2D eigenvalue weighted by molar-refractivity contribution is 0.0600. The first-order valence-corrected chi connectivity index (χ1v) is 4.60. The second-order valence-corrected chi connectivity index (χ2v) is 4.54. The highest BCUT2D eigenvalue weighted by atomic mass is 16.6. The largest absolute Gasteiger partial charge is 0.444 e. The zero-order chi connectivity index (χ0) is 10.1. The lowest BCUT2D eigenvalue weighted by Gasteiger charge is -2.16. The van der Waals surface area contributed by atoms with Crippen molar-refractivity contribution < 1.29 is 9.53 Å². The minimum absolute atomic E-state index is 0.453. The van der Waals surface area contributed by atoms with Crippen LogP contribution in [0.4, 0.5) is 4.79 Å². The molecular formula is C9H18N2O2. The molecule has 1 aliphatic carbocycles. The second kappa shape index (κ2) is 3.54. The van der Waals surface area contributed by atoms with E-state index in [0.29, 0.717) is 0 Å². The first-order chi connectivity index (χ1) is 5.88. The number of carbonyl (C=O) groups is 1.